The topological polar surface area (TPSA) is 63.7 Å². The number of fused-ring (bicyclic) bond motifs is 1. The fourth-order valence-electron chi connectivity index (χ4n) is 2.69. The minimum atomic E-state index is -3.73. The van der Waals surface area contributed by atoms with Crippen LogP contribution < -0.4 is 14.8 Å². The summed E-state index contributed by atoms with van der Waals surface area (Å²) < 4.78 is 62.6. The maximum atomic E-state index is 13.6. The number of amides is 2. The van der Waals surface area contributed by atoms with Gasteiger partial charge in [0.2, 0.25) is 0 Å². The highest BCUT2D eigenvalue weighted by atomic mass is 32.2. The number of nitrogens with one attached hydrogen (secondary N) is 1. The zero-order valence-electron chi connectivity index (χ0n) is 14.1. The lowest BCUT2D eigenvalue weighted by Gasteiger charge is -2.14. The molecule has 3 heterocycles. The molecule has 2 aliphatic heterocycles. The van der Waals surface area contributed by atoms with E-state index in [2.05, 4.69) is 19.8 Å². The SMILES string of the molecule is Cc1cc2c(cc1C1=CN(C(=O)Nc3c(F)cncc3F)CS1)OC(F)(F)O2. The number of hydrogen-bond donors (Lipinski definition) is 1. The number of urea groups is 1. The van der Waals surface area contributed by atoms with Gasteiger partial charge in [0.25, 0.3) is 0 Å². The lowest BCUT2D eigenvalue weighted by Crippen LogP contribution is -2.29. The third kappa shape index (κ3) is 3.33. The van der Waals surface area contributed by atoms with Crippen molar-refractivity contribution in [1.82, 2.24) is 9.88 Å². The molecule has 0 radical (unpaired) electrons. The number of alkyl halides is 2. The van der Waals surface area contributed by atoms with E-state index >= 15 is 0 Å². The molecule has 4 rings (SSSR count). The second-order valence-corrected chi connectivity index (χ2v) is 6.91. The number of halogens is 4. The van der Waals surface area contributed by atoms with Crippen molar-refractivity contribution >= 4 is 28.4 Å². The van der Waals surface area contributed by atoms with Gasteiger partial charge in [-0.05, 0) is 30.2 Å². The predicted octanol–water partition coefficient (Wildman–Crippen LogP) is 4.53. The molecule has 11 heteroatoms. The minimum Gasteiger partial charge on any atom is -0.395 e. The molecule has 1 N–H and O–H groups in total. The van der Waals surface area contributed by atoms with Crippen molar-refractivity contribution < 1.29 is 31.8 Å². The van der Waals surface area contributed by atoms with E-state index < -0.39 is 29.6 Å². The number of thioether (sulfide) groups is 1. The normalized spacial score (nSPS) is 16.9. The van der Waals surface area contributed by atoms with Crippen LogP contribution in [0.25, 0.3) is 4.91 Å². The molecule has 2 aromatic rings. The smallest absolute Gasteiger partial charge is 0.395 e. The zero-order chi connectivity index (χ0) is 20.1. The number of ether oxygens (including phenoxy) is 2. The van der Waals surface area contributed by atoms with Crippen molar-refractivity contribution in [3.8, 4) is 11.5 Å². The third-order valence-corrected chi connectivity index (χ3v) is 5.04. The summed E-state index contributed by atoms with van der Waals surface area (Å²) in [5.41, 5.74) is 0.599. The molecule has 146 valence electrons. The summed E-state index contributed by atoms with van der Waals surface area (Å²) in [7, 11) is 0. The second kappa shape index (κ2) is 6.59. The van der Waals surface area contributed by atoms with Gasteiger partial charge in [0, 0.05) is 11.1 Å². The molecule has 1 aromatic heterocycles. The summed E-state index contributed by atoms with van der Waals surface area (Å²) in [5, 5.41) is 2.15. The van der Waals surface area contributed by atoms with Crippen LogP contribution in [0.4, 0.5) is 28.0 Å². The Kier molecular flexibility index (Phi) is 4.33. The van der Waals surface area contributed by atoms with Gasteiger partial charge in [0.1, 0.15) is 5.69 Å². The largest absolute Gasteiger partial charge is 0.586 e. The molecular formula is C17H11F4N3O3S. The van der Waals surface area contributed by atoms with E-state index in [-0.39, 0.29) is 17.4 Å². The minimum absolute atomic E-state index is 0.0758. The van der Waals surface area contributed by atoms with Gasteiger partial charge in [0.05, 0.1) is 18.3 Å². The molecule has 0 spiro atoms. The maximum absolute atomic E-state index is 13.6. The molecule has 0 bridgehead atoms. The Hall–Kier alpha value is -2.95. The summed E-state index contributed by atoms with van der Waals surface area (Å²) in [5.74, 6) is -2.03. The van der Waals surface area contributed by atoms with Crippen molar-refractivity contribution in [3.05, 3.63) is 53.5 Å². The summed E-state index contributed by atoms with van der Waals surface area (Å²) in [6.45, 7) is 1.70. The Morgan fingerprint density at radius 3 is 2.54 bits per heavy atom. The lowest BCUT2D eigenvalue weighted by molar-refractivity contribution is -0.286. The number of rotatable bonds is 2. The van der Waals surface area contributed by atoms with Crippen LogP contribution in [0.2, 0.25) is 0 Å². The molecule has 28 heavy (non-hydrogen) atoms. The number of carbonyl (C=O) groups excluding carboxylic acids is 1. The second-order valence-electron chi connectivity index (χ2n) is 5.93. The van der Waals surface area contributed by atoms with Gasteiger partial charge >= 0.3 is 12.3 Å². The first-order valence-electron chi connectivity index (χ1n) is 7.85. The van der Waals surface area contributed by atoms with Crippen molar-refractivity contribution in [2.75, 3.05) is 11.2 Å². The fourth-order valence-corrected chi connectivity index (χ4v) is 3.74. The van der Waals surface area contributed by atoms with Crippen LogP contribution in [0.15, 0.2) is 30.7 Å². The van der Waals surface area contributed by atoms with E-state index in [9.17, 15) is 22.4 Å². The first kappa shape index (κ1) is 18.4. The molecule has 0 unspecified atom stereocenters. The van der Waals surface area contributed by atoms with Gasteiger partial charge in [-0.1, -0.05) is 0 Å². The Morgan fingerprint density at radius 1 is 1.21 bits per heavy atom. The number of aryl methyl sites for hydroxylation is 1. The molecule has 0 saturated heterocycles. The van der Waals surface area contributed by atoms with Crippen molar-refractivity contribution in [3.63, 3.8) is 0 Å². The average molecular weight is 413 g/mol. The van der Waals surface area contributed by atoms with Gasteiger partial charge in [0.15, 0.2) is 23.1 Å². The van der Waals surface area contributed by atoms with Gasteiger partial charge < -0.3 is 14.8 Å². The number of benzene rings is 1. The summed E-state index contributed by atoms with van der Waals surface area (Å²) >= 11 is 1.25. The van der Waals surface area contributed by atoms with Crippen molar-refractivity contribution in [2.24, 2.45) is 0 Å². The van der Waals surface area contributed by atoms with Crippen LogP contribution in [-0.4, -0.2) is 28.1 Å². The van der Waals surface area contributed by atoms with Crippen LogP contribution in [0.3, 0.4) is 0 Å². The van der Waals surface area contributed by atoms with Gasteiger partial charge in [-0.3, -0.25) is 9.88 Å². The van der Waals surface area contributed by atoms with E-state index in [0.717, 1.165) is 12.4 Å². The summed E-state index contributed by atoms with van der Waals surface area (Å²) in [6, 6.07) is 2.06. The molecule has 0 saturated carbocycles. The first-order chi connectivity index (χ1) is 13.2. The first-order valence-corrected chi connectivity index (χ1v) is 8.84. The maximum Gasteiger partial charge on any atom is 0.586 e. The van der Waals surface area contributed by atoms with E-state index in [1.165, 1.54) is 35.0 Å². The molecule has 0 fully saturated rings. The highest BCUT2D eigenvalue weighted by Crippen LogP contribution is 2.46. The number of anilines is 1. The Labute approximate surface area is 160 Å². The number of carbonyl (C=O) groups is 1. The molecule has 6 nitrogen and oxygen atoms in total. The molecular weight excluding hydrogens is 402 g/mol. The monoisotopic (exact) mass is 413 g/mol. The average Bonchev–Trinajstić information content (AvgIpc) is 3.20. The van der Waals surface area contributed by atoms with Crippen LogP contribution in [-0.2, 0) is 0 Å². The van der Waals surface area contributed by atoms with Crippen molar-refractivity contribution in [1.29, 1.82) is 0 Å². The third-order valence-electron chi connectivity index (χ3n) is 3.99. The quantitative estimate of drug-likeness (QED) is 0.734. The number of aromatic nitrogens is 1. The molecule has 0 aliphatic carbocycles. The van der Waals surface area contributed by atoms with Crippen LogP contribution in [0.5, 0.6) is 11.5 Å². The van der Waals surface area contributed by atoms with Crippen LogP contribution in [0, 0.1) is 18.6 Å². The fraction of sp³-hybridized carbons (Fsp3) is 0.176. The molecule has 0 atom stereocenters. The number of nitrogens with zero attached hydrogens (tertiary/aromatic N) is 2. The van der Waals surface area contributed by atoms with Gasteiger partial charge in [-0.25, -0.2) is 13.6 Å². The van der Waals surface area contributed by atoms with Gasteiger partial charge in [-0.15, -0.1) is 20.5 Å². The zero-order valence-corrected chi connectivity index (χ0v) is 14.9. The summed E-state index contributed by atoms with van der Waals surface area (Å²) in [6.07, 6.45) is -0.705. The molecule has 2 amide bonds. The van der Waals surface area contributed by atoms with Crippen LogP contribution in [0.1, 0.15) is 11.1 Å². The molecule has 2 aliphatic rings. The highest BCUT2D eigenvalue weighted by Gasteiger charge is 2.44. The predicted molar refractivity (Wildman–Crippen MR) is 92.8 cm³/mol. The van der Waals surface area contributed by atoms with Crippen LogP contribution >= 0.6 is 11.8 Å². The van der Waals surface area contributed by atoms with E-state index in [0.29, 0.717) is 16.0 Å². The highest BCUT2D eigenvalue weighted by molar-refractivity contribution is 8.08. The Balaban J connectivity index is 1.56. The molecule has 1 aromatic carbocycles. The Bertz CT molecular complexity index is 995. The van der Waals surface area contributed by atoms with Gasteiger partial charge in [-0.2, -0.15) is 0 Å². The number of pyridine rings is 1. The van der Waals surface area contributed by atoms with E-state index in [1.807, 2.05) is 0 Å². The number of hydrogen-bond acceptors (Lipinski definition) is 5. The van der Waals surface area contributed by atoms with E-state index in [4.69, 9.17) is 0 Å². The van der Waals surface area contributed by atoms with Crippen molar-refractivity contribution in [2.45, 2.75) is 13.2 Å². The summed E-state index contributed by atoms with van der Waals surface area (Å²) in [4.78, 5) is 17.5. The Morgan fingerprint density at radius 2 is 1.86 bits per heavy atom. The van der Waals surface area contributed by atoms with E-state index in [1.54, 1.807) is 6.92 Å². The lowest BCUT2D eigenvalue weighted by atomic mass is 10.1. The standard InChI is InChI=1S/C17H11F4N3O3S/c1-8-2-12-13(27-17(20,21)26-12)3-9(8)14-6-24(7-28-14)16(25)23-15-10(18)4-22-5-11(15)19/h2-6H,7H2,1H3,(H,22,23,25).